The minimum Gasteiger partial charge on any atom is -0.381 e. The van der Waals surface area contributed by atoms with Crippen molar-refractivity contribution in [3.8, 4) is 17.2 Å². The maximum absolute atomic E-state index is 15.3. The number of likely N-dealkylation sites (N-methyl/N-ethyl adjacent to an activating group) is 1. The molecule has 2 aromatic rings. The van der Waals surface area contributed by atoms with Crippen LogP contribution in [0.3, 0.4) is 0 Å². The number of nitriles is 1. The number of rotatable bonds is 2. The molecule has 2 aromatic carbocycles. The smallest absolute Gasteiger partial charge is 0.259 e. The monoisotopic (exact) mass is 449 g/mol. The van der Waals surface area contributed by atoms with Crippen LogP contribution in [0.15, 0.2) is 36.4 Å². The van der Waals surface area contributed by atoms with Gasteiger partial charge in [-0.2, -0.15) is 5.26 Å². The summed E-state index contributed by atoms with van der Waals surface area (Å²) in [5.74, 6) is -0.432. The van der Waals surface area contributed by atoms with E-state index in [0.717, 1.165) is 36.8 Å². The average molecular weight is 450 g/mol. The quantitative estimate of drug-likeness (QED) is 0.701. The van der Waals surface area contributed by atoms with Gasteiger partial charge < -0.3 is 10.1 Å². The van der Waals surface area contributed by atoms with Crippen LogP contribution in [0.25, 0.3) is 11.1 Å². The number of ether oxygens (including phenoxy) is 1. The topological polar surface area (TPSA) is 65.4 Å². The van der Waals surface area contributed by atoms with Crippen molar-refractivity contribution in [1.29, 1.82) is 5.26 Å². The van der Waals surface area contributed by atoms with E-state index in [1.807, 2.05) is 0 Å². The van der Waals surface area contributed by atoms with Crippen LogP contribution < -0.4 is 5.32 Å². The molecule has 1 atom stereocenters. The van der Waals surface area contributed by atoms with Gasteiger partial charge in [0, 0.05) is 25.1 Å². The van der Waals surface area contributed by atoms with Gasteiger partial charge in [-0.3, -0.25) is 9.69 Å². The van der Waals surface area contributed by atoms with E-state index in [1.165, 1.54) is 4.90 Å². The first-order valence-corrected chi connectivity index (χ1v) is 11.2. The Morgan fingerprint density at radius 2 is 2.03 bits per heavy atom. The normalized spacial score (nSPS) is 28.8. The van der Waals surface area contributed by atoms with E-state index in [4.69, 9.17) is 17.0 Å². The number of nitrogens with one attached hydrogen (secondary N) is 1. The Balaban J connectivity index is 1.70. The van der Waals surface area contributed by atoms with Gasteiger partial charge in [-0.05, 0) is 85.3 Å². The van der Waals surface area contributed by atoms with Crippen LogP contribution in [0, 0.1) is 22.6 Å². The lowest BCUT2D eigenvalue weighted by Gasteiger charge is -2.46. The summed E-state index contributed by atoms with van der Waals surface area (Å²) >= 11 is 5.50. The van der Waals surface area contributed by atoms with Gasteiger partial charge in [0.15, 0.2) is 10.7 Å². The summed E-state index contributed by atoms with van der Waals surface area (Å²) in [6.07, 6.45) is 4.05. The summed E-state index contributed by atoms with van der Waals surface area (Å²) in [7, 11) is 3.42. The Morgan fingerprint density at radius 1 is 1.28 bits per heavy atom. The highest BCUT2D eigenvalue weighted by Crippen LogP contribution is 2.60. The molecule has 2 aliphatic carbocycles. The summed E-state index contributed by atoms with van der Waals surface area (Å²) in [5, 5.41) is 13.1. The molecular formula is C25H24FN3O2S. The number of thiocarbonyl (C=S) groups is 1. The number of carbonyl (C=O) groups excluding carboxylic acids is 1. The molecule has 2 fully saturated rings. The molecule has 7 heteroatoms. The van der Waals surface area contributed by atoms with Crippen LogP contribution >= 0.6 is 12.2 Å². The van der Waals surface area contributed by atoms with Crippen molar-refractivity contribution in [2.45, 2.75) is 43.7 Å². The maximum atomic E-state index is 15.3. The SMILES string of the molecule is COC1CCC2(CC1)Cc1cc(F)c(-c3cccc(C#N)c3)cc1C21NC(=S)N(C)C1=O. The van der Waals surface area contributed by atoms with Crippen molar-refractivity contribution in [2.24, 2.45) is 5.41 Å². The summed E-state index contributed by atoms with van der Waals surface area (Å²) < 4.78 is 20.9. The molecule has 1 aliphatic heterocycles. The van der Waals surface area contributed by atoms with Gasteiger partial charge in [0.25, 0.3) is 5.91 Å². The first-order valence-electron chi connectivity index (χ1n) is 10.8. The third kappa shape index (κ3) is 2.76. The van der Waals surface area contributed by atoms with Crippen LogP contribution in [-0.4, -0.2) is 36.2 Å². The van der Waals surface area contributed by atoms with Crippen molar-refractivity contribution in [3.05, 3.63) is 58.9 Å². The zero-order valence-corrected chi connectivity index (χ0v) is 18.9. The van der Waals surface area contributed by atoms with Crippen molar-refractivity contribution >= 4 is 23.2 Å². The van der Waals surface area contributed by atoms with Crippen molar-refractivity contribution in [2.75, 3.05) is 14.2 Å². The van der Waals surface area contributed by atoms with E-state index in [9.17, 15) is 10.1 Å². The molecule has 0 radical (unpaired) electrons. The molecule has 1 saturated heterocycles. The minimum absolute atomic E-state index is 0.0829. The zero-order chi connectivity index (χ0) is 22.7. The fourth-order valence-electron chi connectivity index (χ4n) is 5.98. The second kappa shape index (κ2) is 7.36. The molecule has 0 bridgehead atoms. The van der Waals surface area contributed by atoms with E-state index in [0.29, 0.717) is 28.2 Å². The number of fused-ring (bicyclic) bond motifs is 3. The van der Waals surface area contributed by atoms with E-state index in [1.54, 1.807) is 50.6 Å². The first-order chi connectivity index (χ1) is 15.3. The second-order valence-corrected chi connectivity index (χ2v) is 9.50. The molecule has 32 heavy (non-hydrogen) atoms. The van der Waals surface area contributed by atoms with Crippen molar-refractivity contribution in [1.82, 2.24) is 10.2 Å². The summed E-state index contributed by atoms with van der Waals surface area (Å²) in [4.78, 5) is 15.3. The molecule has 0 aromatic heterocycles. The molecule has 1 saturated carbocycles. The van der Waals surface area contributed by atoms with Gasteiger partial charge in [-0.1, -0.05) is 12.1 Å². The van der Waals surface area contributed by atoms with E-state index in [-0.39, 0.29) is 17.8 Å². The number of amides is 1. The first kappa shape index (κ1) is 21.0. The van der Waals surface area contributed by atoms with Gasteiger partial charge in [0.2, 0.25) is 0 Å². The summed E-state index contributed by atoms with van der Waals surface area (Å²) in [6.45, 7) is 0. The number of hydrogen-bond acceptors (Lipinski definition) is 4. The largest absolute Gasteiger partial charge is 0.381 e. The Kier molecular flexibility index (Phi) is 4.84. The molecule has 1 heterocycles. The molecule has 2 spiro atoms. The highest BCUT2D eigenvalue weighted by Gasteiger charge is 2.66. The highest BCUT2D eigenvalue weighted by atomic mass is 32.1. The second-order valence-electron chi connectivity index (χ2n) is 9.12. The molecule has 3 aliphatic rings. The molecule has 5 nitrogen and oxygen atoms in total. The van der Waals surface area contributed by atoms with E-state index >= 15 is 4.39 Å². The zero-order valence-electron chi connectivity index (χ0n) is 18.1. The lowest BCUT2D eigenvalue weighted by molar-refractivity contribution is -0.137. The summed E-state index contributed by atoms with van der Waals surface area (Å²) in [5.41, 5.74) is 1.70. The lowest BCUT2D eigenvalue weighted by Crippen LogP contribution is -2.56. The fraction of sp³-hybridized carbons (Fsp3) is 0.400. The maximum Gasteiger partial charge on any atom is 0.259 e. The molecule has 5 rings (SSSR count). The van der Waals surface area contributed by atoms with Crippen molar-refractivity contribution < 1.29 is 13.9 Å². The number of nitrogens with zero attached hydrogens (tertiary/aromatic N) is 2. The molecular weight excluding hydrogens is 425 g/mol. The van der Waals surface area contributed by atoms with Crippen LogP contribution in [0.5, 0.6) is 0 Å². The van der Waals surface area contributed by atoms with Crippen molar-refractivity contribution in [3.63, 3.8) is 0 Å². The number of hydrogen-bond donors (Lipinski definition) is 1. The van der Waals surface area contributed by atoms with Gasteiger partial charge >= 0.3 is 0 Å². The number of carbonyl (C=O) groups is 1. The molecule has 164 valence electrons. The Hall–Kier alpha value is -2.82. The van der Waals surface area contributed by atoms with E-state index in [2.05, 4.69) is 11.4 Å². The number of benzene rings is 2. The van der Waals surface area contributed by atoms with Crippen LogP contribution in [0.4, 0.5) is 4.39 Å². The van der Waals surface area contributed by atoms with Gasteiger partial charge in [0.05, 0.1) is 17.7 Å². The molecule has 1 amide bonds. The predicted octanol–water partition coefficient (Wildman–Crippen LogP) is 4.04. The average Bonchev–Trinajstić information content (AvgIpc) is 3.19. The Labute approximate surface area is 192 Å². The van der Waals surface area contributed by atoms with Gasteiger partial charge in [0.1, 0.15) is 5.82 Å². The van der Waals surface area contributed by atoms with Gasteiger partial charge in [-0.15, -0.1) is 0 Å². The van der Waals surface area contributed by atoms with Crippen LogP contribution in [0.2, 0.25) is 0 Å². The van der Waals surface area contributed by atoms with E-state index < -0.39 is 11.0 Å². The standard InChI is InChI=1S/C25H24FN3O2S/c1-29-22(30)25(28-23(29)32)20-12-19(16-5-3-4-15(10-16)14-27)21(26)11-17(20)13-24(25)8-6-18(31-2)7-9-24/h3-5,10-12,18H,6-9,13H2,1-2H3,(H,28,32). The third-order valence-electron chi connectivity index (χ3n) is 7.67. The number of halogens is 1. The summed E-state index contributed by atoms with van der Waals surface area (Å²) in [6, 6.07) is 12.4. The Bertz CT molecular complexity index is 1180. The number of methoxy groups -OCH3 is 1. The molecule has 1 unspecified atom stereocenters. The van der Waals surface area contributed by atoms with Gasteiger partial charge in [-0.25, -0.2) is 4.39 Å². The minimum atomic E-state index is -1.01. The molecule has 1 N–H and O–H groups in total. The van der Waals surface area contributed by atoms with Crippen LogP contribution in [0.1, 0.15) is 42.4 Å². The Morgan fingerprint density at radius 3 is 2.66 bits per heavy atom. The predicted molar refractivity (Wildman–Crippen MR) is 122 cm³/mol. The highest BCUT2D eigenvalue weighted by molar-refractivity contribution is 7.80. The third-order valence-corrected chi connectivity index (χ3v) is 8.05. The van der Waals surface area contributed by atoms with Crippen LogP contribution in [-0.2, 0) is 21.5 Å². The lowest BCUT2D eigenvalue weighted by atomic mass is 9.61. The fourth-order valence-corrected chi connectivity index (χ4v) is 6.22.